The molecule has 0 aliphatic heterocycles. The highest BCUT2D eigenvalue weighted by Gasteiger charge is 2.20. The lowest BCUT2D eigenvalue weighted by Crippen LogP contribution is -2.15. The zero-order valence-corrected chi connectivity index (χ0v) is 58.9. The van der Waals surface area contributed by atoms with Crippen molar-refractivity contribution in [2.24, 2.45) is 0 Å². The molecule has 0 aliphatic rings. The van der Waals surface area contributed by atoms with Gasteiger partial charge in [-0.3, -0.25) is 34.6 Å². The Kier molecular flexibility index (Phi) is 27.1. The first-order valence-electron chi connectivity index (χ1n) is 32.6. The molecule has 114 heavy (non-hydrogen) atoms. The molecule has 10 aromatic heterocycles. The summed E-state index contributed by atoms with van der Waals surface area (Å²) < 4.78 is 136. The number of non-ortho nitro benzene ring substituents is 2. The van der Waals surface area contributed by atoms with Gasteiger partial charge in [0, 0.05) is 123 Å². The fourth-order valence-electron chi connectivity index (χ4n) is 9.90. The van der Waals surface area contributed by atoms with Crippen molar-refractivity contribution in [1.29, 1.82) is 0 Å². The van der Waals surface area contributed by atoms with Crippen molar-refractivity contribution in [2.45, 2.75) is 0 Å². The number of amides is 2. The summed E-state index contributed by atoms with van der Waals surface area (Å²) in [6, 6.07) is 39.1. The molecule has 10 heterocycles. The molecule has 27 nitrogen and oxygen atoms in total. The Bertz CT molecular complexity index is 6190. The highest BCUT2D eigenvalue weighted by molar-refractivity contribution is 6.33. The second kappa shape index (κ2) is 38.1. The molecule has 16 aromatic rings. The molecule has 0 spiro atoms. The van der Waals surface area contributed by atoms with Crippen LogP contribution < -0.4 is 41.3 Å². The van der Waals surface area contributed by atoms with Crippen molar-refractivity contribution in [3.63, 3.8) is 0 Å². The number of hydrogen-bond acceptors (Lipinski definition) is 18. The van der Waals surface area contributed by atoms with E-state index in [9.17, 15) is 74.1 Å². The van der Waals surface area contributed by atoms with E-state index in [1.54, 1.807) is 91.9 Å². The van der Waals surface area contributed by atoms with E-state index in [1.165, 1.54) is 85.3 Å². The Morgan fingerprint density at radius 3 is 1.32 bits per heavy atom. The number of halogens is 10. The van der Waals surface area contributed by atoms with E-state index in [0.717, 1.165) is 54.5 Å². The van der Waals surface area contributed by atoms with Crippen LogP contribution in [0.5, 0.6) is 34.5 Å². The normalized spacial score (nSPS) is 10.4. The van der Waals surface area contributed by atoms with Gasteiger partial charge in [-0.2, -0.15) is 0 Å². The number of nitrogens with two attached hydrogens (primary N) is 1. The standard InChI is InChI=1S/C25H16F3N5O2.C13H8FN3O3.C13H10FN3O.C12H7ClF2N2O.C7H6N2O.C6H3F2NO2.CH4O/c26-14-3-5-20(18(27)12-14)33-25(34)17-2-1-9-29-24(17)32-15-4-6-22(19(28)13-15)35-21-8-11-31-23-16(21)7-10-30-23;14-10-7-8(17(18)19)1-2-12(10)20-11-4-6-16-13-9(11)3-5-15-13;14-10-7-8(15)1-2-12(10)18-11-4-6-17-13-9(11)3-5-16-13;13-11-8(2-1-5-16-11)12(18)17-10-4-3-7(14)6-9(10)15;10-6-2-4-9-7-5(6)1-3-8-7;7-5-2-1-4(9(10)11)3-6(5)8;1-2/h1-13H,(H,29,32)(H,30,31)(H,33,34);1-7H,(H,15,16);1-7H,15H2,(H,16,17);1-6H,(H,17,18);1-4H,(H2,8,9,10);1-3H;2H,1H3. The number of ether oxygens (including phenoxy) is 3. The minimum Gasteiger partial charge on any atom is -0.453 e. The van der Waals surface area contributed by atoms with E-state index in [4.69, 9.17) is 36.7 Å². The van der Waals surface area contributed by atoms with E-state index >= 15 is 0 Å². The predicted molar refractivity (Wildman–Crippen MR) is 404 cm³/mol. The van der Waals surface area contributed by atoms with Gasteiger partial charge < -0.3 is 65.9 Å². The Balaban J connectivity index is 0.000000152. The number of H-pyrrole nitrogens is 5. The molecule has 0 aliphatic carbocycles. The van der Waals surface area contributed by atoms with Gasteiger partial charge in [0.25, 0.3) is 23.2 Å². The van der Waals surface area contributed by atoms with Crippen molar-refractivity contribution < 1.29 is 78.3 Å². The average Bonchev–Trinajstić information content (AvgIpc) is 1.71. The second-order valence-electron chi connectivity index (χ2n) is 22.6. The molecule has 6 aromatic carbocycles. The number of nitrogens with zero attached hydrogens (tertiary/aromatic N) is 7. The maximum atomic E-state index is 14.8. The van der Waals surface area contributed by atoms with E-state index in [2.05, 4.69) is 65.8 Å². The summed E-state index contributed by atoms with van der Waals surface area (Å²) in [6.45, 7) is 0. The topological polar surface area (TPSA) is 391 Å². The molecule has 16 rings (SSSR count). The zero-order valence-electron chi connectivity index (χ0n) is 58.1. The van der Waals surface area contributed by atoms with Gasteiger partial charge in [0.05, 0.1) is 66.0 Å². The number of nitro benzene ring substituents is 2. The van der Waals surface area contributed by atoms with E-state index in [0.29, 0.717) is 86.0 Å². The molecule has 0 bridgehead atoms. The first-order chi connectivity index (χ1) is 54.9. The summed E-state index contributed by atoms with van der Waals surface area (Å²) in [6.07, 6.45) is 16.1. The van der Waals surface area contributed by atoms with Crippen LogP contribution in [0.4, 0.5) is 79.5 Å². The zero-order chi connectivity index (χ0) is 81.5. The third-order valence-electron chi connectivity index (χ3n) is 15.2. The maximum Gasteiger partial charge on any atom is 0.272 e. The van der Waals surface area contributed by atoms with Crippen molar-refractivity contribution in [2.75, 3.05) is 28.8 Å². The van der Waals surface area contributed by atoms with E-state index in [1.807, 2.05) is 6.07 Å². The van der Waals surface area contributed by atoms with Gasteiger partial charge in [-0.15, -0.1) is 0 Å². The van der Waals surface area contributed by atoms with Crippen LogP contribution in [-0.2, 0) is 0 Å². The van der Waals surface area contributed by atoms with Crippen LogP contribution in [0.1, 0.15) is 20.7 Å². The highest BCUT2D eigenvalue weighted by Crippen LogP contribution is 2.35. The van der Waals surface area contributed by atoms with Gasteiger partial charge in [0.1, 0.15) is 74.1 Å². The van der Waals surface area contributed by atoms with Gasteiger partial charge in [0.2, 0.25) is 0 Å². The third-order valence-corrected chi connectivity index (χ3v) is 15.5. The number of nitrogen functional groups attached to an aromatic ring is 1. The summed E-state index contributed by atoms with van der Waals surface area (Å²) in [7, 11) is 1.00. The molecule has 578 valence electrons. The van der Waals surface area contributed by atoms with Gasteiger partial charge in [-0.05, 0) is 127 Å². The van der Waals surface area contributed by atoms with Crippen LogP contribution in [-0.4, -0.2) is 83.7 Å². The Hall–Kier alpha value is -15.5. The largest absolute Gasteiger partial charge is 0.453 e. The first-order valence-corrected chi connectivity index (χ1v) is 32.9. The van der Waals surface area contributed by atoms with Crippen molar-refractivity contribution in [3.8, 4) is 34.5 Å². The van der Waals surface area contributed by atoms with Gasteiger partial charge in [0.15, 0.2) is 51.8 Å². The minimum absolute atomic E-state index is 0.00461. The molecular weight excluding hydrogens is 1530 g/mol. The number of aromatic amines is 5. The van der Waals surface area contributed by atoms with Crippen LogP contribution in [0, 0.1) is 72.6 Å². The fourth-order valence-corrected chi connectivity index (χ4v) is 10.1. The summed E-state index contributed by atoms with van der Waals surface area (Å²) in [5.41, 5.74) is 8.01. The number of fused-ring (bicyclic) bond motifs is 4. The number of carbonyl (C=O) groups excluding carboxylic acids is 2. The SMILES string of the molecule is CO.Nc1ccc(Oc2ccnc3[nH]ccc23)c(F)c1.O=C(Nc1ccc(F)cc1F)c1cccnc1Cl.O=C(Nc1ccc(F)cc1F)c1cccnc1Nc1ccc(Oc2ccnc3[nH]ccc23)c(F)c1.O=[N+]([O-])c1ccc(F)c(F)c1.O=[N+]([O-])c1ccc(Oc2ccnc3[nH]ccc23)c(F)c1.O=c1cc[nH]c2[nH]ccc12. The highest BCUT2D eigenvalue weighted by atomic mass is 35.5. The Labute approximate surface area is 639 Å². The minimum atomic E-state index is -1.21. The van der Waals surface area contributed by atoms with Crippen molar-refractivity contribution >= 4 is 107 Å². The lowest BCUT2D eigenvalue weighted by molar-refractivity contribution is -0.385. The van der Waals surface area contributed by atoms with Gasteiger partial charge in [-0.25, -0.2) is 64.4 Å². The molecule has 0 saturated carbocycles. The van der Waals surface area contributed by atoms with Crippen LogP contribution in [0.25, 0.3) is 44.1 Å². The molecule has 37 heteroatoms. The van der Waals surface area contributed by atoms with Gasteiger partial charge in [-0.1, -0.05) is 11.6 Å². The summed E-state index contributed by atoms with van der Waals surface area (Å²) >= 11 is 5.72. The number of rotatable bonds is 14. The summed E-state index contributed by atoms with van der Waals surface area (Å²) in [4.78, 5) is 89.5. The monoisotopic (exact) mass is 1580 g/mol. The van der Waals surface area contributed by atoms with Crippen LogP contribution in [0.15, 0.2) is 249 Å². The van der Waals surface area contributed by atoms with E-state index < -0.39 is 79.7 Å². The van der Waals surface area contributed by atoms with E-state index in [-0.39, 0.29) is 61.8 Å². The maximum absolute atomic E-state index is 14.8. The number of hydrogen-bond donors (Lipinski definition) is 10. The first kappa shape index (κ1) is 81.1. The number of benzene rings is 6. The quantitative estimate of drug-likeness (QED) is 0.0159. The Morgan fingerprint density at radius 1 is 0.430 bits per heavy atom. The number of aliphatic hydroxyl groups is 1. The van der Waals surface area contributed by atoms with Crippen molar-refractivity contribution in [1.82, 2.24) is 49.8 Å². The van der Waals surface area contributed by atoms with Crippen LogP contribution in [0.3, 0.4) is 0 Å². The number of anilines is 5. The average molecular weight is 1590 g/mol. The molecular formula is C77H54ClF9N16O11. The Morgan fingerprint density at radius 2 is 0.860 bits per heavy atom. The molecule has 0 fully saturated rings. The number of nitrogens with one attached hydrogen (secondary N) is 8. The second-order valence-corrected chi connectivity index (χ2v) is 23.0. The smallest absolute Gasteiger partial charge is 0.272 e. The number of carbonyl (C=O) groups is 2. The lowest BCUT2D eigenvalue weighted by atomic mass is 10.2. The van der Waals surface area contributed by atoms with Gasteiger partial charge >= 0.3 is 0 Å². The number of aliphatic hydroxyl groups excluding tert-OH is 1. The lowest BCUT2D eigenvalue weighted by Gasteiger charge is -2.13. The van der Waals surface area contributed by atoms with Crippen LogP contribution >= 0.6 is 11.6 Å². The third kappa shape index (κ3) is 21.1. The number of aromatic nitrogens is 10. The molecule has 0 unspecified atom stereocenters. The summed E-state index contributed by atoms with van der Waals surface area (Å²) in [5.74, 6) is -7.20. The molecule has 0 atom stereocenters. The molecule has 2 amide bonds. The predicted octanol–water partition coefficient (Wildman–Crippen LogP) is 18.2. The molecule has 11 N–H and O–H groups in total. The molecule has 0 saturated heterocycles. The summed E-state index contributed by atoms with van der Waals surface area (Å²) in [5, 5.41) is 38.0. The number of pyridine rings is 6. The fraction of sp³-hybridized carbons (Fsp3) is 0.0130. The van der Waals surface area contributed by atoms with Crippen LogP contribution in [0.2, 0.25) is 5.15 Å². The molecule has 0 radical (unpaired) electrons. The van der Waals surface area contributed by atoms with Crippen molar-refractivity contribution in [3.05, 3.63) is 343 Å². The number of nitro groups is 2.